The highest BCUT2D eigenvalue weighted by atomic mass is 19.1. The van der Waals surface area contributed by atoms with Gasteiger partial charge in [-0.2, -0.15) is 15.4 Å². The Morgan fingerprint density at radius 3 is 2.94 bits per heavy atom. The fourth-order valence-electron chi connectivity index (χ4n) is 1.65. The topological polar surface area (TPSA) is 50.8 Å². The van der Waals surface area contributed by atoms with Crippen molar-refractivity contribution in [2.24, 2.45) is 0 Å². The Balaban J connectivity index is 2.10. The van der Waals surface area contributed by atoms with Crippen LogP contribution in [0.2, 0.25) is 0 Å². The SMILES string of the molecule is CCOc1ccc(F)cc1CCc1cn[nH]n1. The zero-order valence-corrected chi connectivity index (χ0v) is 9.61. The minimum Gasteiger partial charge on any atom is -0.494 e. The molecule has 2 rings (SSSR count). The van der Waals surface area contributed by atoms with Crippen LogP contribution in [0.3, 0.4) is 0 Å². The smallest absolute Gasteiger partial charge is 0.123 e. The lowest BCUT2D eigenvalue weighted by Gasteiger charge is -2.09. The van der Waals surface area contributed by atoms with E-state index in [0.717, 1.165) is 17.0 Å². The highest BCUT2D eigenvalue weighted by Gasteiger charge is 2.06. The molecule has 90 valence electrons. The molecule has 1 heterocycles. The molecule has 0 saturated carbocycles. The van der Waals surface area contributed by atoms with E-state index in [4.69, 9.17) is 4.74 Å². The summed E-state index contributed by atoms with van der Waals surface area (Å²) >= 11 is 0. The standard InChI is InChI=1S/C12H14FN3O/c1-2-17-12-6-4-10(13)7-9(12)3-5-11-8-14-16-15-11/h4,6-8H,2-3,5H2,1H3,(H,14,15,16). The third-order valence-corrected chi connectivity index (χ3v) is 2.44. The number of aromatic amines is 1. The molecule has 0 saturated heterocycles. The molecule has 17 heavy (non-hydrogen) atoms. The average molecular weight is 235 g/mol. The van der Waals surface area contributed by atoms with Crippen LogP contribution >= 0.6 is 0 Å². The zero-order chi connectivity index (χ0) is 12.1. The molecule has 0 bridgehead atoms. The number of rotatable bonds is 5. The van der Waals surface area contributed by atoms with Gasteiger partial charge >= 0.3 is 0 Å². The number of halogens is 1. The van der Waals surface area contributed by atoms with E-state index in [9.17, 15) is 4.39 Å². The number of aryl methyl sites for hydroxylation is 2. The van der Waals surface area contributed by atoms with Crippen molar-refractivity contribution in [3.8, 4) is 5.75 Å². The van der Waals surface area contributed by atoms with Gasteiger partial charge in [-0.1, -0.05) is 0 Å². The molecule has 1 N–H and O–H groups in total. The number of H-pyrrole nitrogens is 1. The Morgan fingerprint density at radius 2 is 2.24 bits per heavy atom. The molecule has 1 aromatic heterocycles. The van der Waals surface area contributed by atoms with Crippen LogP contribution in [0.15, 0.2) is 24.4 Å². The third-order valence-electron chi connectivity index (χ3n) is 2.44. The van der Waals surface area contributed by atoms with E-state index in [1.807, 2.05) is 6.92 Å². The minimum atomic E-state index is -0.247. The van der Waals surface area contributed by atoms with Gasteiger partial charge in [0, 0.05) is 0 Å². The molecular weight excluding hydrogens is 221 g/mol. The van der Waals surface area contributed by atoms with Gasteiger partial charge in [0.05, 0.1) is 18.5 Å². The second-order valence-corrected chi connectivity index (χ2v) is 3.65. The lowest BCUT2D eigenvalue weighted by molar-refractivity contribution is 0.335. The molecule has 0 spiro atoms. The first kappa shape index (κ1) is 11.6. The van der Waals surface area contributed by atoms with Crippen LogP contribution in [0.4, 0.5) is 4.39 Å². The molecule has 0 aliphatic rings. The van der Waals surface area contributed by atoms with Gasteiger partial charge in [-0.3, -0.25) is 0 Å². The predicted octanol–water partition coefficient (Wildman–Crippen LogP) is 2.13. The number of hydrogen-bond donors (Lipinski definition) is 1. The molecule has 4 nitrogen and oxygen atoms in total. The Hall–Kier alpha value is -1.91. The number of nitrogens with zero attached hydrogens (tertiary/aromatic N) is 2. The second kappa shape index (κ2) is 5.43. The summed E-state index contributed by atoms with van der Waals surface area (Å²) in [4.78, 5) is 0. The van der Waals surface area contributed by atoms with Crippen molar-refractivity contribution in [2.75, 3.05) is 6.61 Å². The van der Waals surface area contributed by atoms with Gasteiger partial charge in [0.1, 0.15) is 11.6 Å². The van der Waals surface area contributed by atoms with Crippen molar-refractivity contribution in [1.29, 1.82) is 0 Å². The van der Waals surface area contributed by atoms with E-state index in [1.165, 1.54) is 12.1 Å². The quantitative estimate of drug-likeness (QED) is 0.863. The maximum absolute atomic E-state index is 13.2. The molecule has 0 unspecified atom stereocenters. The lowest BCUT2D eigenvalue weighted by atomic mass is 10.1. The molecule has 2 aromatic rings. The van der Waals surface area contributed by atoms with Crippen LogP contribution in [-0.2, 0) is 12.8 Å². The zero-order valence-electron chi connectivity index (χ0n) is 9.61. The van der Waals surface area contributed by atoms with E-state index in [0.29, 0.717) is 19.4 Å². The largest absolute Gasteiger partial charge is 0.494 e. The number of benzene rings is 1. The van der Waals surface area contributed by atoms with Crippen molar-refractivity contribution in [3.63, 3.8) is 0 Å². The summed E-state index contributed by atoms with van der Waals surface area (Å²) < 4.78 is 18.6. The van der Waals surface area contributed by atoms with Crippen LogP contribution in [0, 0.1) is 5.82 Å². The fraction of sp³-hybridized carbons (Fsp3) is 0.333. The van der Waals surface area contributed by atoms with Crippen molar-refractivity contribution >= 4 is 0 Å². The maximum Gasteiger partial charge on any atom is 0.123 e. The number of nitrogens with one attached hydrogen (secondary N) is 1. The van der Waals surface area contributed by atoms with Gasteiger partial charge in [0.15, 0.2) is 0 Å². The summed E-state index contributed by atoms with van der Waals surface area (Å²) in [5.41, 5.74) is 1.71. The summed E-state index contributed by atoms with van der Waals surface area (Å²) in [5, 5.41) is 10.2. The van der Waals surface area contributed by atoms with Crippen LogP contribution in [0.25, 0.3) is 0 Å². The van der Waals surface area contributed by atoms with E-state index < -0.39 is 0 Å². The molecular formula is C12H14FN3O. The maximum atomic E-state index is 13.2. The van der Waals surface area contributed by atoms with Crippen LogP contribution < -0.4 is 4.74 Å². The monoisotopic (exact) mass is 235 g/mol. The van der Waals surface area contributed by atoms with Crippen molar-refractivity contribution in [1.82, 2.24) is 15.4 Å². The van der Waals surface area contributed by atoms with Gasteiger partial charge < -0.3 is 4.74 Å². The third kappa shape index (κ3) is 3.03. The molecule has 0 atom stereocenters. The van der Waals surface area contributed by atoms with Crippen LogP contribution in [0.1, 0.15) is 18.2 Å². The van der Waals surface area contributed by atoms with Gasteiger partial charge in [0.2, 0.25) is 0 Å². The van der Waals surface area contributed by atoms with E-state index in [1.54, 1.807) is 12.3 Å². The van der Waals surface area contributed by atoms with E-state index in [2.05, 4.69) is 15.4 Å². The molecule has 1 aromatic carbocycles. The number of ether oxygens (including phenoxy) is 1. The van der Waals surface area contributed by atoms with Gasteiger partial charge in [-0.05, 0) is 43.5 Å². The second-order valence-electron chi connectivity index (χ2n) is 3.65. The molecule has 0 radical (unpaired) electrons. The van der Waals surface area contributed by atoms with Gasteiger partial charge in [-0.25, -0.2) is 4.39 Å². The summed E-state index contributed by atoms with van der Waals surface area (Å²) in [5.74, 6) is 0.487. The Kier molecular flexibility index (Phi) is 3.69. The Bertz CT molecular complexity index is 471. The molecule has 0 fully saturated rings. The van der Waals surface area contributed by atoms with Gasteiger partial charge in [-0.15, -0.1) is 0 Å². The molecule has 0 amide bonds. The number of hydrogen-bond acceptors (Lipinski definition) is 3. The average Bonchev–Trinajstić information content (AvgIpc) is 2.82. The molecule has 0 aliphatic heterocycles. The summed E-state index contributed by atoms with van der Waals surface area (Å²) in [6.07, 6.45) is 3.05. The highest BCUT2D eigenvalue weighted by molar-refractivity contribution is 5.34. The summed E-state index contributed by atoms with van der Waals surface area (Å²) in [6.45, 7) is 2.48. The summed E-state index contributed by atoms with van der Waals surface area (Å²) in [6, 6.07) is 4.58. The first-order chi connectivity index (χ1) is 8.29. The summed E-state index contributed by atoms with van der Waals surface area (Å²) in [7, 11) is 0. The minimum absolute atomic E-state index is 0.247. The lowest BCUT2D eigenvalue weighted by Crippen LogP contribution is -1.99. The first-order valence-electron chi connectivity index (χ1n) is 5.55. The Labute approximate surface area is 98.8 Å². The van der Waals surface area contributed by atoms with Crippen molar-refractivity contribution in [2.45, 2.75) is 19.8 Å². The molecule has 0 aliphatic carbocycles. The molecule has 5 heteroatoms. The normalized spacial score (nSPS) is 10.5. The first-order valence-corrected chi connectivity index (χ1v) is 5.55. The number of aromatic nitrogens is 3. The van der Waals surface area contributed by atoms with E-state index >= 15 is 0 Å². The fourth-order valence-corrected chi connectivity index (χ4v) is 1.65. The van der Waals surface area contributed by atoms with Crippen molar-refractivity contribution in [3.05, 3.63) is 41.5 Å². The van der Waals surface area contributed by atoms with E-state index in [-0.39, 0.29) is 5.82 Å². The van der Waals surface area contributed by atoms with Crippen molar-refractivity contribution < 1.29 is 9.13 Å². The predicted molar refractivity (Wildman–Crippen MR) is 61.4 cm³/mol. The van der Waals surface area contributed by atoms with Crippen LogP contribution in [0.5, 0.6) is 5.75 Å². The highest BCUT2D eigenvalue weighted by Crippen LogP contribution is 2.21. The Morgan fingerprint density at radius 1 is 1.35 bits per heavy atom. The van der Waals surface area contributed by atoms with Gasteiger partial charge in [0.25, 0.3) is 0 Å². The van der Waals surface area contributed by atoms with Crippen LogP contribution in [-0.4, -0.2) is 22.0 Å².